The molecule has 3 N–H and O–H groups in total. The fraction of sp³-hybridized carbons (Fsp3) is 0.444. The molecule has 6 nitrogen and oxygen atoms in total. The number of carboxylic acids is 1. The summed E-state index contributed by atoms with van der Waals surface area (Å²) in [6.07, 6.45) is 1.18. The lowest BCUT2D eigenvalue weighted by atomic mass is 10.1. The number of ether oxygens (including phenoxy) is 1. The summed E-state index contributed by atoms with van der Waals surface area (Å²) >= 11 is 0. The minimum absolute atomic E-state index is 0.0578. The highest BCUT2D eigenvalue weighted by Crippen LogP contribution is 2.21. The molecule has 1 aromatic heterocycles. The van der Waals surface area contributed by atoms with Crippen molar-refractivity contribution in [3.8, 4) is 0 Å². The molecule has 1 aromatic rings. The van der Waals surface area contributed by atoms with E-state index in [4.69, 9.17) is 15.6 Å². The molecule has 0 radical (unpaired) electrons. The normalized spacial score (nSPS) is 11.4. The van der Waals surface area contributed by atoms with Gasteiger partial charge in [-0.25, -0.2) is 14.8 Å². The lowest BCUT2D eigenvalue weighted by molar-refractivity contribution is 0.0115. The molecular formula is C9H13N3O3. The average molecular weight is 211 g/mol. The number of nitrogen functional groups attached to an aromatic ring is 1. The summed E-state index contributed by atoms with van der Waals surface area (Å²) < 4.78 is 5.15. The quantitative estimate of drug-likeness (QED) is 0.761. The molecule has 0 aromatic carbocycles. The van der Waals surface area contributed by atoms with Crippen LogP contribution in [-0.2, 0) is 10.3 Å². The van der Waals surface area contributed by atoms with Gasteiger partial charge in [0.05, 0.1) is 0 Å². The van der Waals surface area contributed by atoms with Gasteiger partial charge in [0.1, 0.15) is 17.0 Å². The first-order chi connectivity index (χ1) is 6.88. The van der Waals surface area contributed by atoms with Crippen molar-refractivity contribution < 1.29 is 14.6 Å². The Kier molecular flexibility index (Phi) is 2.90. The first kappa shape index (κ1) is 11.4. The number of hydrogen-bond acceptors (Lipinski definition) is 5. The Morgan fingerprint density at radius 2 is 2.20 bits per heavy atom. The van der Waals surface area contributed by atoms with Crippen LogP contribution >= 0.6 is 0 Å². The van der Waals surface area contributed by atoms with Gasteiger partial charge < -0.3 is 15.6 Å². The minimum Gasteiger partial charge on any atom is -0.477 e. The van der Waals surface area contributed by atoms with Gasteiger partial charge in [-0.05, 0) is 13.8 Å². The maximum atomic E-state index is 10.7. The van der Waals surface area contributed by atoms with E-state index in [1.807, 2.05) is 0 Å². The Hall–Kier alpha value is -1.69. The van der Waals surface area contributed by atoms with Gasteiger partial charge in [-0.15, -0.1) is 0 Å². The minimum atomic E-state index is -1.14. The number of nitrogens with two attached hydrogens (primary N) is 1. The molecule has 1 rings (SSSR count). The highest BCUT2D eigenvalue weighted by molar-refractivity contribution is 5.92. The molecule has 6 heteroatoms. The third-order valence-corrected chi connectivity index (χ3v) is 2.10. The predicted molar refractivity (Wildman–Crippen MR) is 53.4 cm³/mol. The zero-order valence-electron chi connectivity index (χ0n) is 8.81. The van der Waals surface area contributed by atoms with Crippen molar-refractivity contribution in [2.75, 3.05) is 12.8 Å². The number of hydrogen-bond donors (Lipinski definition) is 2. The Labute approximate surface area is 87.1 Å². The molecule has 0 saturated carbocycles. The number of carbonyl (C=O) groups is 1. The summed E-state index contributed by atoms with van der Waals surface area (Å²) in [6.45, 7) is 3.53. The van der Waals surface area contributed by atoms with Crippen molar-refractivity contribution in [2.45, 2.75) is 19.4 Å². The van der Waals surface area contributed by atoms with Gasteiger partial charge in [0.25, 0.3) is 0 Å². The first-order valence-corrected chi connectivity index (χ1v) is 4.30. The van der Waals surface area contributed by atoms with Crippen LogP contribution in [0, 0.1) is 0 Å². The van der Waals surface area contributed by atoms with Gasteiger partial charge in [-0.3, -0.25) is 0 Å². The first-order valence-electron chi connectivity index (χ1n) is 4.30. The van der Waals surface area contributed by atoms with Crippen LogP contribution in [-0.4, -0.2) is 28.2 Å². The van der Waals surface area contributed by atoms with E-state index in [0.29, 0.717) is 5.82 Å². The number of methoxy groups -OCH3 is 1. The molecule has 0 amide bonds. The fourth-order valence-corrected chi connectivity index (χ4v) is 0.941. The van der Waals surface area contributed by atoms with Crippen LogP contribution in [0.25, 0.3) is 0 Å². The van der Waals surface area contributed by atoms with Crippen LogP contribution in [0.2, 0.25) is 0 Å². The SMILES string of the molecule is COC(C)(C)c1ncc(C(=O)O)c(N)n1. The smallest absolute Gasteiger partial charge is 0.341 e. The zero-order valence-corrected chi connectivity index (χ0v) is 8.81. The predicted octanol–water partition coefficient (Wildman–Crippen LogP) is 0.639. The molecule has 82 valence electrons. The Bertz CT molecular complexity index is 390. The van der Waals surface area contributed by atoms with Gasteiger partial charge in [0.15, 0.2) is 5.82 Å². The van der Waals surface area contributed by atoms with Crippen LogP contribution in [0.15, 0.2) is 6.20 Å². The van der Waals surface area contributed by atoms with E-state index in [1.165, 1.54) is 13.3 Å². The monoisotopic (exact) mass is 211 g/mol. The van der Waals surface area contributed by atoms with Gasteiger partial charge in [0.2, 0.25) is 0 Å². The van der Waals surface area contributed by atoms with E-state index < -0.39 is 11.6 Å². The number of aromatic carboxylic acids is 1. The van der Waals surface area contributed by atoms with Crippen LogP contribution in [0.3, 0.4) is 0 Å². The van der Waals surface area contributed by atoms with Crippen molar-refractivity contribution >= 4 is 11.8 Å². The van der Waals surface area contributed by atoms with Gasteiger partial charge in [0, 0.05) is 13.3 Å². The Morgan fingerprint density at radius 1 is 1.60 bits per heavy atom. The summed E-state index contributed by atoms with van der Waals surface area (Å²) in [5, 5.41) is 8.73. The molecule has 0 aliphatic carbocycles. The van der Waals surface area contributed by atoms with Gasteiger partial charge in [-0.1, -0.05) is 0 Å². The van der Waals surface area contributed by atoms with E-state index in [1.54, 1.807) is 13.8 Å². The number of carboxylic acid groups (broad SMARTS) is 1. The van der Waals surface area contributed by atoms with Crippen LogP contribution < -0.4 is 5.73 Å². The Balaban J connectivity index is 3.18. The van der Waals surface area contributed by atoms with Crippen molar-refractivity contribution in [1.82, 2.24) is 9.97 Å². The maximum absolute atomic E-state index is 10.7. The van der Waals surface area contributed by atoms with Crippen molar-refractivity contribution in [1.29, 1.82) is 0 Å². The van der Waals surface area contributed by atoms with E-state index >= 15 is 0 Å². The third kappa shape index (κ3) is 2.21. The summed E-state index contributed by atoms with van der Waals surface area (Å²) in [4.78, 5) is 18.5. The second-order valence-electron chi connectivity index (χ2n) is 3.51. The molecule has 0 bridgehead atoms. The van der Waals surface area contributed by atoms with Crippen LogP contribution in [0.1, 0.15) is 30.0 Å². The van der Waals surface area contributed by atoms with Crippen molar-refractivity contribution in [3.05, 3.63) is 17.6 Å². The molecule has 0 fully saturated rings. The molecule has 0 saturated heterocycles. The van der Waals surface area contributed by atoms with Gasteiger partial charge in [-0.2, -0.15) is 0 Å². The maximum Gasteiger partial charge on any atom is 0.341 e. The fourth-order valence-electron chi connectivity index (χ4n) is 0.941. The number of aromatic nitrogens is 2. The van der Waals surface area contributed by atoms with Crippen molar-refractivity contribution in [3.63, 3.8) is 0 Å². The highest BCUT2D eigenvalue weighted by atomic mass is 16.5. The molecule has 0 atom stereocenters. The topological polar surface area (TPSA) is 98.3 Å². The van der Waals surface area contributed by atoms with Gasteiger partial charge >= 0.3 is 5.97 Å². The number of nitrogens with zero attached hydrogens (tertiary/aromatic N) is 2. The van der Waals surface area contributed by atoms with Crippen LogP contribution in [0.4, 0.5) is 5.82 Å². The second-order valence-corrected chi connectivity index (χ2v) is 3.51. The molecule has 0 unspecified atom stereocenters. The summed E-state index contributed by atoms with van der Waals surface area (Å²) in [5.74, 6) is -0.848. The van der Waals surface area contributed by atoms with E-state index in [-0.39, 0.29) is 11.4 Å². The lowest BCUT2D eigenvalue weighted by Gasteiger charge is -2.21. The number of anilines is 1. The van der Waals surface area contributed by atoms with Crippen molar-refractivity contribution in [2.24, 2.45) is 0 Å². The lowest BCUT2D eigenvalue weighted by Crippen LogP contribution is -2.24. The largest absolute Gasteiger partial charge is 0.477 e. The standard InChI is InChI=1S/C9H13N3O3/c1-9(2,15-3)8-11-4-5(7(13)14)6(10)12-8/h4H,1-3H3,(H,13,14)(H2,10,11,12). The Morgan fingerprint density at radius 3 is 2.60 bits per heavy atom. The molecule has 15 heavy (non-hydrogen) atoms. The van der Waals surface area contributed by atoms with E-state index in [0.717, 1.165) is 0 Å². The third-order valence-electron chi connectivity index (χ3n) is 2.10. The molecular weight excluding hydrogens is 198 g/mol. The van der Waals surface area contributed by atoms with E-state index in [9.17, 15) is 4.79 Å². The van der Waals surface area contributed by atoms with Crippen LogP contribution in [0.5, 0.6) is 0 Å². The average Bonchev–Trinajstić information content (AvgIpc) is 2.17. The van der Waals surface area contributed by atoms with E-state index in [2.05, 4.69) is 9.97 Å². The molecule has 0 spiro atoms. The summed E-state index contributed by atoms with van der Waals surface area (Å²) in [6, 6.07) is 0. The number of rotatable bonds is 3. The second kappa shape index (κ2) is 3.82. The zero-order chi connectivity index (χ0) is 11.6. The highest BCUT2D eigenvalue weighted by Gasteiger charge is 2.24. The molecule has 0 aliphatic heterocycles. The molecule has 1 heterocycles. The molecule has 0 aliphatic rings. The summed E-state index contributed by atoms with van der Waals surface area (Å²) in [5.41, 5.74) is 4.69. The summed E-state index contributed by atoms with van der Waals surface area (Å²) in [7, 11) is 1.52.